The zero-order valence-electron chi connectivity index (χ0n) is 15.4. The Morgan fingerprint density at radius 2 is 2.19 bits per heavy atom. The van der Waals surface area contributed by atoms with Gasteiger partial charge in [0.2, 0.25) is 0 Å². The Hall–Kier alpha value is -3.16. The number of benzene rings is 1. The van der Waals surface area contributed by atoms with Crippen molar-refractivity contribution in [3.05, 3.63) is 47.6 Å². The van der Waals surface area contributed by atoms with Crippen molar-refractivity contribution in [2.45, 2.75) is 39.2 Å². The number of hydrogen-bond donors (Lipinski definition) is 2. The van der Waals surface area contributed by atoms with Crippen LogP contribution in [0.3, 0.4) is 0 Å². The smallest absolute Gasteiger partial charge is 0.322 e. The van der Waals surface area contributed by atoms with Crippen LogP contribution in [-0.4, -0.2) is 37.8 Å². The number of piperidine rings is 1. The number of aromatic nitrogens is 4. The number of nitrogens with one attached hydrogen (secondary N) is 2. The maximum Gasteiger partial charge on any atom is 0.322 e. The third kappa shape index (κ3) is 3.69. The molecule has 1 fully saturated rings. The van der Waals surface area contributed by atoms with Crippen molar-refractivity contribution < 1.29 is 9.32 Å². The van der Waals surface area contributed by atoms with Crippen LogP contribution in [0.4, 0.5) is 10.5 Å². The van der Waals surface area contributed by atoms with E-state index < -0.39 is 0 Å². The first kappa shape index (κ1) is 17.3. The number of rotatable bonds is 3. The molecule has 140 valence electrons. The van der Waals surface area contributed by atoms with Crippen molar-refractivity contribution in [2.75, 3.05) is 11.9 Å². The predicted octanol–water partition coefficient (Wildman–Crippen LogP) is 3.84. The molecule has 1 aliphatic rings. The van der Waals surface area contributed by atoms with Crippen LogP contribution < -0.4 is 5.32 Å². The van der Waals surface area contributed by atoms with Gasteiger partial charge in [-0.2, -0.15) is 5.10 Å². The topological polar surface area (TPSA) is 99.9 Å². The lowest BCUT2D eigenvalue weighted by Gasteiger charge is -2.34. The van der Waals surface area contributed by atoms with E-state index >= 15 is 0 Å². The number of H-pyrrole nitrogens is 1. The van der Waals surface area contributed by atoms with Gasteiger partial charge in [0, 0.05) is 23.9 Å². The van der Waals surface area contributed by atoms with Gasteiger partial charge in [0.05, 0.1) is 6.04 Å². The van der Waals surface area contributed by atoms with Gasteiger partial charge in [0.15, 0.2) is 5.82 Å². The van der Waals surface area contributed by atoms with Gasteiger partial charge in [-0.15, -0.1) is 0 Å². The molecule has 8 heteroatoms. The Labute approximate surface area is 157 Å². The van der Waals surface area contributed by atoms with Gasteiger partial charge in [-0.1, -0.05) is 17.3 Å². The molecule has 0 aliphatic carbocycles. The van der Waals surface area contributed by atoms with Gasteiger partial charge in [-0.25, -0.2) is 9.78 Å². The van der Waals surface area contributed by atoms with Crippen LogP contribution in [0.1, 0.15) is 42.6 Å². The third-order valence-corrected chi connectivity index (χ3v) is 4.72. The maximum atomic E-state index is 12.9. The molecule has 1 saturated heterocycles. The lowest BCUT2D eigenvalue weighted by molar-refractivity contribution is 0.159. The Morgan fingerprint density at radius 1 is 1.30 bits per heavy atom. The van der Waals surface area contributed by atoms with Crippen LogP contribution in [0.2, 0.25) is 0 Å². The SMILES string of the molecule is Cc1nc(-c2cccc(NC(=O)N3CCCC[C@H]3c3cc(C)on3)c2)n[nH]1. The van der Waals surface area contributed by atoms with Crippen molar-refractivity contribution in [1.82, 2.24) is 25.2 Å². The fourth-order valence-electron chi connectivity index (χ4n) is 3.43. The van der Waals surface area contributed by atoms with Gasteiger partial charge < -0.3 is 14.7 Å². The molecule has 0 radical (unpaired) electrons. The molecule has 0 spiro atoms. The number of amides is 2. The Morgan fingerprint density at radius 3 is 2.93 bits per heavy atom. The summed E-state index contributed by atoms with van der Waals surface area (Å²) in [5, 5.41) is 14.1. The van der Waals surface area contributed by atoms with Crippen LogP contribution in [0, 0.1) is 13.8 Å². The van der Waals surface area contributed by atoms with Crippen molar-refractivity contribution in [3.8, 4) is 11.4 Å². The summed E-state index contributed by atoms with van der Waals surface area (Å²) in [5.74, 6) is 2.11. The first-order valence-corrected chi connectivity index (χ1v) is 9.10. The number of urea groups is 1. The number of aryl methyl sites for hydroxylation is 2. The van der Waals surface area contributed by atoms with Crippen molar-refractivity contribution >= 4 is 11.7 Å². The lowest BCUT2D eigenvalue weighted by atomic mass is 9.99. The van der Waals surface area contributed by atoms with E-state index in [2.05, 4.69) is 25.7 Å². The van der Waals surface area contributed by atoms with E-state index in [-0.39, 0.29) is 12.1 Å². The molecule has 0 unspecified atom stereocenters. The molecule has 2 amide bonds. The predicted molar refractivity (Wildman–Crippen MR) is 100 cm³/mol. The van der Waals surface area contributed by atoms with Gasteiger partial charge in [0.25, 0.3) is 0 Å². The summed E-state index contributed by atoms with van der Waals surface area (Å²) in [6.07, 6.45) is 2.94. The minimum absolute atomic E-state index is 0.0601. The molecular formula is C19H22N6O2. The highest BCUT2D eigenvalue weighted by Crippen LogP contribution is 2.31. The van der Waals surface area contributed by atoms with E-state index in [1.165, 1.54) is 0 Å². The fraction of sp³-hybridized carbons (Fsp3) is 0.368. The number of aromatic amines is 1. The molecule has 27 heavy (non-hydrogen) atoms. The van der Waals surface area contributed by atoms with Crippen LogP contribution in [0.25, 0.3) is 11.4 Å². The summed E-state index contributed by atoms with van der Waals surface area (Å²) in [5.41, 5.74) is 2.37. The first-order chi connectivity index (χ1) is 13.1. The quantitative estimate of drug-likeness (QED) is 0.734. The molecule has 4 rings (SSSR count). The molecule has 2 N–H and O–H groups in total. The van der Waals surface area contributed by atoms with Crippen molar-refractivity contribution in [3.63, 3.8) is 0 Å². The number of hydrogen-bond acceptors (Lipinski definition) is 5. The molecule has 1 aromatic carbocycles. The molecule has 3 aromatic rings. The standard InChI is InChI=1S/C19H22N6O2/c1-12-10-16(24-27-12)17-8-3-4-9-25(17)19(26)21-15-7-5-6-14(11-15)18-20-13(2)22-23-18/h5-7,10-11,17H,3-4,8-9H2,1-2H3,(H,21,26)(H,20,22,23)/t17-/m0/s1. The van der Waals surface area contributed by atoms with E-state index in [0.717, 1.165) is 42.1 Å². The summed E-state index contributed by atoms with van der Waals surface area (Å²) in [4.78, 5) is 19.1. The van der Waals surface area contributed by atoms with E-state index in [1.54, 1.807) is 0 Å². The zero-order valence-corrected chi connectivity index (χ0v) is 15.4. The first-order valence-electron chi connectivity index (χ1n) is 9.10. The minimum Gasteiger partial charge on any atom is -0.361 e. The number of likely N-dealkylation sites (tertiary alicyclic amines) is 1. The van der Waals surface area contributed by atoms with Crippen molar-refractivity contribution in [2.24, 2.45) is 0 Å². The van der Waals surface area contributed by atoms with E-state index in [9.17, 15) is 4.79 Å². The van der Waals surface area contributed by atoms with Crippen LogP contribution in [0.15, 0.2) is 34.9 Å². The van der Waals surface area contributed by atoms with Gasteiger partial charge >= 0.3 is 6.03 Å². The Bertz CT molecular complexity index is 947. The van der Waals surface area contributed by atoms with Crippen LogP contribution >= 0.6 is 0 Å². The number of carbonyl (C=O) groups excluding carboxylic acids is 1. The second-order valence-corrected chi connectivity index (χ2v) is 6.82. The summed E-state index contributed by atoms with van der Waals surface area (Å²) in [6.45, 7) is 4.41. The molecule has 0 bridgehead atoms. The minimum atomic E-state index is -0.135. The van der Waals surface area contributed by atoms with Gasteiger partial charge in [-0.05, 0) is 45.2 Å². The molecule has 1 aliphatic heterocycles. The van der Waals surface area contributed by atoms with E-state index in [0.29, 0.717) is 18.1 Å². The van der Waals surface area contributed by atoms with Crippen LogP contribution in [0.5, 0.6) is 0 Å². The number of anilines is 1. The lowest BCUT2D eigenvalue weighted by Crippen LogP contribution is -2.41. The maximum absolute atomic E-state index is 12.9. The Kier molecular flexibility index (Phi) is 4.62. The molecule has 3 heterocycles. The van der Waals surface area contributed by atoms with Crippen molar-refractivity contribution in [1.29, 1.82) is 0 Å². The average Bonchev–Trinajstić information content (AvgIpc) is 3.30. The molecule has 0 saturated carbocycles. The largest absolute Gasteiger partial charge is 0.361 e. The highest BCUT2D eigenvalue weighted by Gasteiger charge is 2.30. The zero-order chi connectivity index (χ0) is 18.8. The Balaban J connectivity index is 1.52. The normalized spacial score (nSPS) is 17.1. The summed E-state index contributed by atoms with van der Waals surface area (Å²) >= 11 is 0. The average molecular weight is 366 g/mol. The summed E-state index contributed by atoms with van der Waals surface area (Å²) in [7, 11) is 0. The summed E-state index contributed by atoms with van der Waals surface area (Å²) < 4.78 is 5.21. The van der Waals surface area contributed by atoms with E-state index in [1.807, 2.05) is 49.1 Å². The van der Waals surface area contributed by atoms with Gasteiger partial charge in [0.1, 0.15) is 17.3 Å². The second-order valence-electron chi connectivity index (χ2n) is 6.82. The third-order valence-electron chi connectivity index (χ3n) is 4.72. The van der Waals surface area contributed by atoms with Gasteiger partial charge in [-0.3, -0.25) is 5.10 Å². The molecule has 8 nitrogen and oxygen atoms in total. The van der Waals surface area contributed by atoms with Crippen LogP contribution in [-0.2, 0) is 0 Å². The molecule has 2 aromatic heterocycles. The number of nitrogens with zero attached hydrogens (tertiary/aromatic N) is 4. The fourth-order valence-corrected chi connectivity index (χ4v) is 3.43. The highest BCUT2D eigenvalue weighted by molar-refractivity contribution is 5.90. The molecular weight excluding hydrogens is 344 g/mol. The second kappa shape index (κ2) is 7.22. The highest BCUT2D eigenvalue weighted by atomic mass is 16.5. The summed E-state index contributed by atoms with van der Waals surface area (Å²) in [6, 6.07) is 9.24. The number of carbonyl (C=O) groups is 1. The molecule has 1 atom stereocenters. The monoisotopic (exact) mass is 366 g/mol. The van der Waals surface area contributed by atoms with E-state index in [4.69, 9.17) is 4.52 Å².